The number of benzene rings is 1. The molecule has 0 saturated heterocycles. The third-order valence-electron chi connectivity index (χ3n) is 2.67. The van der Waals surface area contributed by atoms with Gasteiger partial charge in [-0.3, -0.25) is 0 Å². The summed E-state index contributed by atoms with van der Waals surface area (Å²) in [4.78, 5) is 0.944. The Labute approximate surface area is 131 Å². The molecule has 0 radical (unpaired) electrons. The summed E-state index contributed by atoms with van der Waals surface area (Å²) in [7, 11) is 0. The summed E-state index contributed by atoms with van der Waals surface area (Å²) < 4.78 is 39.9. The molecular formula is C13H10BrClF3NS. The van der Waals surface area contributed by atoms with Gasteiger partial charge < -0.3 is 5.32 Å². The lowest BCUT2D eigenvalue weighted by molar-refractivity contribution is -0.137. The fraction of sp³-hybridized carbons (Fsp3) is 0.231. The minimum Gasteiger partial charge on any atom is -0.377 e. The van der Waals surface area contributed by atoms with Crippen molar-refractivity contribution < 1.29 is 13.2 Å². The van der Waals surface area contributed by atoms with Crippen LogP contribution < -0.4 is 5.32 Å². The fourth-order valence-electron chi connectivity index (χ4n) is 1.74. The van der Waals surface area contributed by atoms with Crippen LogP contribution in [0.2, 0.25) is 5.02 Å². The second-order valence-corrected chi connectivity index (χ2v) is 6.52. The Bertz CT molecular complexity index is 612. The molecule has 0 bridgehead atoms. The first-order valence-corrected chi connectivity index (χ1v) is 7.69. The molecule has 1 aromatic carbocycles. The first-order chi connectivity index (χ1) is 9.27. The predicted octanol–water partition coefficient (Wildman–Crippen LogP) is 6.36. The average Bonchev–Trinajstić information content (AvgIpc) is 2.77. The molecule has 1 nitrogen and oxygen atoms in total. The Morgan fingerprint density at radius 2 is 2.00 bits per heavy atom. The molecule has 0 fully saturated rings. The number of hydrogen-bond acceptors (Lipinski definition) is 2. The van der Waals surface area contributed by atoms with Gasteiger partial charge in [0.1, 0.15) is 0 Å². The van der Waals surface area contributed by atoms with Crippen LogP contribution in [-0.2, 0) is 6.18 Å². The molecule has 1 aromatic heterocycles. The number of alkyl halides is 3. The third-order valence-corrected chi connectivity index (χ3v) is 4.78. The van der Waals surface area contributed by atoms with Crippen molar-refractivity contribution in [3.8, 4) is 0 Å². The van der Waals surface area contributed by atoms with Crippen molar-refractivity contribution in [2.45, 2.75) is 19.1 Å². The molecule has 1 atom stereocenters. The number of hydrogen-bond donors (Lipinski definition) is 1. The molecule has 0 aliphatic carbocycles. The van der Waals surface area contributed by atoms with E-state index in [2.05, 4.69) is 21.2 Å². The molecular weight excluding hydrogens is 375 g/mol. The van der Waals surface area contributed by atoms with E-state index in [0.717, 1.165) is 15.4 Å². The van der Waals surface area contributed by atoms with Crippen LogP contribution in [0.4, 0.5) is 18.9 Å². The molecule has 1 heterocycles. The summed E-state index contributed by atoms with van der Waals surface area (Å²) in [5, 5.41) is 4.84. The van der Waals surface area contributed by atoms with Gasteiger partial charge >= 0.3 is 6.18 Å². The SMILES string of the molecule is CC(Nc1ccc(Cl)cc1C(F)(F)F)c1cc(Br)cs1. The van der Waals surface area contributed by atoms with Gasteiger partial charge in [0.25, 0.3) is 0 Å². The van der Waals surface area contributed by atoms with E-state index in [1.807, 2.05) is 18.4 Å². The Hall–Kier alpha value is -0.720. The number of nitrogens with one attached hydrogen (secondary N) is 1. The van der Waals surface area contributed by atoms with Crippen LogP contribution in [0.1, 0.15) is 23.4 Å². The van der Waals surface area contributed by atoms with Crippen LogP contribution >= 0.6 is 38.9 Å². The second-order valence-electron chi connectivity index (χ2n) is 4.22. The van der Waals surface area contributed by atoms with E-state index in [9.17, 15) is 13.2 Å². The lowest BCUT2D eigenvalue weighted by Crippen LogP contribution is -2.13. The quantitative estimate of drug-likeness (QED) is 0.649. The van der Waals surface area contributed by atoms with Crippen molar-refractivity contribution in [3.05, 3.63) is 49.6 Å². The molecule has 7 heteroatoms. The van der Waals surface area contributed by atoms with Gasteiger partial charge in [0.05, 0.1) is 11.6 Å². The van der Waals surface area contributed by atoms with E-state index in [0.29, 0.717) is 0 Å². The van der Waals surface area contributed by atoms with Crippen LogP contribution in [0.15, 0.2) is 34.1 Å². The zero-order valence-corrected chi connectivity index (χ0v) is 13.4. The first kappa shape index (κ1) is 15.7. The summed E-state index contributed by atoms with van der Waals surface area (Å²) in [5.74, 6) is 0. The van der Waals surface area contributed by atoms with Gasteiger partial charge in [0.2, 0.25) is 0 Å². The maximum absolute atomic E-state index is 13.0. The van der Waals surface area contributed by atoms with Crippen LogP contribution in [-0.4, -0.2) is 0 Å². The topological polar surface area (TPSA) is 12.0 Å². The van der Waals surface area contributed by atoms with Crippen molar-refractivity contribution in [1.29, 1.82) is 0 Å². The van der Waals surface area contributed by atoms with Gasteiger partial charge in [-0.15, -0.1) is 11.3 Å². The number of anilines is 1. The molecule has 0 aliphatic rings. The van der Waals surface area contributed by atoms with E-state index in [1.54, 1.807) is 0 Å². The fourth-order valence-corrected chi connectivity index (χ4v) is 3.36. The summed E-state index contributed by atoms with van der Waals surface area (Å²) in [6.07, 6.45) is -4.44. The van der Waals surface area contributed by atoms with E-state index >= 15 is 0 Å². The molecule has 20 heavy (non-hydrogen) atoms. The van der Waals surface area contributed by atoms with Crippen molar-refractivity contribution in [2.24, 2.45) is 0 Å². The number of thiophene rings is 1. The zero-order valence-electron chi connectivity index (χ0n) is 10.3. The Balaban J connectivity index is 2.29. The van der Waals surface area contributed by atoms with Gasteiger partial charge in [0, 0.05) is 25.4 Å². The Morgan fingerprint density at radius 1 is 1.30 bits per heavy atom. The first-order valence-electron chi connectivity index (χ1n) is 5.64. The van der Waals surface area contributed by atoms with Crippen LogP contribution in [0, 0.1) is 0 Å². The lowest BCUT2D eigenvalue weighted by Gasteiger charge is -2.18. The molecule has 2 rings (SSSR count). The van der Waals surface area contributed by atoms with Gasteiger partial charge in [-0.1, -0.05) is 11.6 Å². The molecule has 0 aliphatic heterocycles. The normalized spacial score (nSPS) is 13.3. The number of halogens is 5. The minimum atomic E-state index is -4.44. The van der Waals surface area contributed by atoms with Gasteiger partial charge in [-0.05, 0) is 47.1 Å². The van der Waals surface area contributed by atoms with E-state index in [-0.39, 0.29) is 16.8 Å². The highest BCUT2D eigenvalue weighted by atomic mass is 79.9. The summed E-state index contributed by atoms with van der Waals surface area (Å²) in [6, 6.07) is 5.38. The average molecular weight is 385 g/mol. The molecule has 1 unspecified atom stereocenters. The van der Waals surface area contributed by atoms with Crippen molar-refractivity contribution >= 4 is 44.6 Å². The maximum atomic E-state index is 13.0. The van der Waals surface area contributed by atoms with Crippen LogP contribution in [0.25, 0.3) is 0 Å². The van der Waals surface area contributed by atoms with E-state index in [1.165, 1.54) is 23.5 Å². The predicted molar refractivity (Wildman–Crippen MR) is 80.5 cm³/mol. The molecule has 1 N–H and O–H groups in total. The third kappa shape index (κ3) is 3.68. The van der Waals surface area contributed by atoms with Gasteiger partial charge in [0.15, 0.2) is 0 Å². The molecule has 0 saturated carbocycles. The van der Waals surface area contributed by atoms with Gasteiger partial charge in [-0.25, -0.2) is 0 Å². The standard InChI is InChI=1S/C13H10BrClF3NS/c1-7(12-4-8(14)6-20-12)19-11-3-2-9(15)5-10(11)13(16,17)18/h2-7,19H,1H3. The van der Waals surface area contributed by atoms with Crippen LogP contribution in [0.5, 0.6) is 0 Å². The molecule has 0 spiro atoms. The summed E-state index contributed by atoms with van der Waals surface area (Å²) >= 11 is 10.5. The van der Waals surface area contributed by atoms with E-state index < -0.39 is 11.7 Å². The molecule has 108 valence electrons. The summed E-state index contributed by atoms with van der Waals surface area (Å²) in [6.45, 7) is 1.81. The smallest absolute Gasteiger partial charge is 0.377 e. The van der Waals surface area contributed by atoms with E-state index in [4.69, 9.17) is 11.6 Å². The number of rotatable bonds is 3. The zero-order chi connectivity index (χ0) is 14.9. The second kappa shape index (κ2) is 5.95. The molecule has 0 amide bonds. The van der Waals surface area contributed by atoms with Gasteiger partial charge in [-0.2, -0.15) is 13.2 Å². The highest BCUT2D eigenvalue weighted by molar-refractivity contribution is 9.10. The minimum absolute atomic E-state index is 0.0268. The van der Waals surface area contributed by atoms with Crippen molar-refractivity contribution in [1.82, 2.24) is 0 Å². The monoisotopic (exact) mass is 383 g/mol. The summed E-state index contributed by atoms with van der Waals surface area (Å²) in [5.41, 5.74) is -0.730. The Kier molecular flexibility index (Phi) is 4.66. The lowest BCUT2D eigenvalue weighted by atomic mass is 10.1. The molecule has 2 aromatic rings. The van der Waals surface area contributed by atoms with Crippen molar-refractivity contribution in [2.75, 3.05) is 5.32 Å². The van der Waals surface area contributed by atoms with Crippen molar-refractivity contribution in [3.63, 3.8) is 0 Å². The highest BCUT2D eigenvalue weighted by Crippen LogP contribution is 2.38. The largest absolute Gasteiger partial charge is 0.418 e. The van der Waals surface area contributed by atoms with Crippen LogP contribution in [0.3, 0.4) is 0 Å². The highest BCUT2D eigenvalue weighted by Gasteiger charge is 2.34. The Morgan fingerprint density at radius 3 is 2.55 bits per heavy atom. The maximum Gasteiger partial charge on any atom is 0.418 e.